The highest BCUT2D eigenvalue weighted by Crippen LogP contribution is 2.32. The molecule has 5 heteroatoms. The Morgan fingerprint density at radius 3 is 2.24 bits per heavy atom. The lowest BCUT2D eigenvalue weighted by molar-refractivity contribution is -0.120. The van der Waals surface area contributed by atoms with Gasteiger partial charge in [-0.1, -0.05) is 51.1 Å². The summed E-state index contributed by atoms with van der Waals surface area (Å²) in [5.41, 5.74) is 5.40. The quantitative estimate of drug-likeness (QED) is 0.271. The molecule has 1 heterocycles. The van der Waals surface area contributed by atoms with Crippen molar-refractivity contribution < 1.29 is 9.53 Å². The van der Waals surface area contributed by atoms with Crippen molar-refractivity contribution >= 4 is 28.2 Å². The molecule has 192 valence electrons. The van der Waals surface area contributed by atoms with Gasteiger partial charge in [0.1, 0.15) is 11.6 Å². The van der Waals surface area contributed by atoms with Crippen LogP contribution in [-0.2, 0) is 11.3 Å². The minimum atomic E-state index is -0.131. The summed E-state index contributed by atoms with van der Waals surface area (Å²) in [6, 6.07) is 22.9. The number of pyridine rings is 1. The fraction of sp³-hybridized carbons (Fsp3) is 0.312. The number of nitrogens with zero attached hydrogens (tertiary/aromatic N) is 3. The minimum Gasteiger partial charge on any atom is -0.496 e. The van der Waals surface area contributed by atoms with Crippen molar-refractivity contribution in [3.05, 3.63) is 84.1 Å². The van der Waals surface area contributed by atoms with Crippen molar-refractivity contribution in [2.75, 3.05) is 31.0 Å². The fourth-order valence-electron chi connectivity index (χ4n) is 4.52. The van der Waals surface area contributed by atoms with Crippen LogP contribution < -0.4 is 14.5 Å². The zero-order chi connectivity index (χ0) is 26.7. The molecule has 0 atom stereocenters. The Labute approximate surface area is 220 Å². The molecule has 0 spiro atoms. The van der Waals surface area contributed by atoms with Gasteiger partial charge >= 0.3 is 0 Å². The summed E-state index contributed by atoms with van der Waals surface area (Å²) in [6.07, 6.45) is 2.23. The monoisotopic (exact) mass is 495 g/mol. The molecule has 0 aliphatic rings. The smallest absolute Gasteiger partial charge is 0.229 e. The number of fused-ring (bicyclic) bond motifs is 1. The molecule has 0 fully saturated rings. The van der Waals surface area contributed by atoms with Gasteiger partial charge < -0.3 is 9.64 Å². The van der Waals surface area contributed by atoms with Gasteiger partial charge in [-0.2, -0.15) is 0 Å². The molecular weight excluding hydrogens is 458 g/mol. The van der Waals surface area contributed by atoms with Crippen molar-refractivity contribution in [3.63, 3.8) is 0 Å². The number of ether oxygens (including phenoxy) is 1. The summed E-state index contributed by atoms with van der Waals surface area (Å²) in [6.45, 7) is 8.78. The van der Waals surface area contributed by atoms with Crippen LogP contribution in [0.2, 0.25) is 0 Å². The van der Waals surface area contributed by atoms with E-state index in [1.165, 1.54) is 0 Å². The number of aromatic nitrogens is 1. The maximum atomic E-state index is 13.6. The van der Waals surface area contributed by atoms with E-state index >= 15 is 0 Å². The molecule has 0 N–H and O–H groups in total. The van der Waals surface area contributed by atoms with E-state index in [4.69, 9.17) is 9.72 Å². The third kappa shape index (κ3) is 6.11. The first-order valence-corrected chi connectivity index (χ1v) is 12.7. The summed E-state index contributed by atoms with van der Waals surface area (Å²) in [7, 11) is 5.74. The zero-order valence-corrected chi connectivity index (χ0v) is 23.0. The third-order valence-electron chi connectivity index (χ3n) is 6.50. The van der Waals surface area contributed by atoms with Crippen LogP contribution in [0.25, 0.3) is 21.9 Å². The molecule has 0 aliphatic carbocycles. The average Bonchev–Trinajstić information content (AvgIpc) is 2.86. The lowest BCUT2D eigenvalue weighted by atomic mass is 9.91. The van der Waals surface area contributed by atoms with E-state index in [1.54, 1.807) is 13.3 Å². The van der Waals surface area contributed by atoms with Gasteiger partial charge in [-0.05, 0) is 76.4 Å². The normalized spacial score (nSPS) is 11.4. The first-order valence-electron chi connectivity index (χ1n) is 12.7. The van der Waals surface area contributed by atoms with Crippen LogP contribution >= 0.6 is 0 Å². The van der Waals surface area contributed by atoms with Crippen LogP contribution in [0.15, 0.2) is 72.9 Å². The molecule has 1 aromatic heterocycles. The Kier molecular flexibility index (Phi) is 7.53. The molecule has 0 unspecified atom stereocenters. The SMILES string of the molecule is COc1ccc(-c2ccc(CN(C(=O)CC(C)(C)C)c3nccc4cc(N(C)C)ccc34)cc2)cc1C. The number of benzene rings is 3. The highest BCUT2D eigenvalue weighted by molar-refractivity contribution is 6.02. The summed E-state index contributed by atoms with van der Waals surface area (Å²) >= 11 is 0. The van der Waals surface area contributed by atoms with E-state index in [1.807, 2.05) is 38.1 Å². The van der Waals surface area contributed by atoms with Gasteiger partial charge in [0.05, 0.1) is 13.7 Å². The predicted molar refractivity (Wildman–Crippen MR) is 154 cm³/mol. The van der Waals surface area contributed by atoms with Crippen LogP contribution in [-0.4, -0.2) is 32.1 Å². The van der Waals surface area contributed by atoms with Gasteiger partial charge in [0, 0.05) is 37.8 Å². The lowest BCUT2D eigenvalue weighted by Crippen LogP contribution is -2.34. The van der Waals surface area contributed by atoms with E-state index < -0.39 is 0 Å². The van der Waals surface area contributed by atoms with E-state index in [9.17, 15) is 4.79 Å². The number of carbonyl (C=O) groups excluding carboxylic acids is 1. The number of methoxy groups -OCH3 is 1. The second kappa shape index (κ2) is 10.6. The van der Waals surface area contributed by atoms with Gasteiger partial charge in [-0.3, -0.25) is 9.69 Å². The molecule has 5 nitrogen and oxygen atoms in total. The van der Waals surface area contributed by atoms with Crippen LogP contribution in [0.5, 0.6) is 5.75 Å². The van der Waals surface area contributed by atoms with Crippen LogP contribution in [0.3, 0.4) is 0 Å². The topological polar surface area (TPSA) is 45.7 Å². The predicted octanol–water partition coefficient (Wildman–Crippen LogP) is 7.25. The first kappa shape index (κ1) is 26.2. The number of hydrogen-bond donors (Lipinski definition) is 0. The number of anilines is 2. The van der Waals surface area contributed by atoms with Gasteiger partial charge in [-0.25, -0.2) is 4.98 Å². The van der Waals surface area contributed by atoms with E-state index in [-0.39, 0.29) is 11.3 Å². The van der Waals surface area contributed by atoms with Gasteiger partial charge in [0.15, 0.2) is 0 Å². The molecule has 3 aromatic carbocycles. The van der Waals surface area contributed by atoms with E-state index in [2.05, 4.69) is 80.3 Å². The largest absolute Gasteiger partial charge is 0.496 e. The van der Waals surface area contributed by atoms with Gasteiger partial charge in [0.25, 0.3) is 0 Å². The average molecular weight is 496 g/mol. The van der Waals surface area contributed by atoms with Crippen molar-refractivity contribution in [2.24, 2.45) is 5.41 Å². The lowest BCUT2D eigenvalue weighted by Gasteiger charge is -2.27. The molecule has 0 saturated heterocycles. The Morgan fingerprint density at radius 2 is 1.62 bits per heavy atom. The minimum absolute atomic E-state index is 0.0686. The second-order valence-corrected chi connectivity index (χ2v) is 11.0. The number of rotatable bonds is 7. The summed E-state index contributed by atoms with van der Waals surface area (Å²) in [4.78, 5) is 22.3. The first-order chi connectivity index (χ1) is 17.6. The molecule has 0 saturated carbocycles. The van der Waals surface area contributed by atoms with Gasteiger partial charge in [0.2, 0.25) is 5.91 Å². The Bertz CT molecular complexity index is 1400. The molecule has 4 aromatic rings. The highest BCUT2D eigenvalue weighted by atomic mass is 16.5. The maximum Gasteiger partial charge on any atom is 0.229 e. The number of aryl methyl sites for hydroxylation is 1. The molecule has 0 radical (unpaired) electrons. The maximum absolute atomic E-state index is 13.6. The number of hydrogen-bond acceptors (Lipinski definition) is 4. The Morgan fingerprint density at radius 1 is 0.919 bits per heavy atom. The Hall–Kier alpha value is -3.86. The molecule has 0 aliphatic heterocycles. The summed E-state index contributed by atoms with van der Waals surface area (Å²) in [5.74, 6) is 1.65. The van der Waals surface area contributed by atoms with E-state index in [0.717, 1.165) is 44.5 Å². The Balaban J connectivity index is 1.69. The van der Waals surface area contributed by atoms with Crippen LogP contribution in [0, 0.1) is 12.3 Å². The highest BCUT2D eigenvalue weighted by Gasteiger charge is 2.25. The van der Waals surface area contributed by atoms with Crippen molar-refractivity contribution in [3.8, 4) is 16.9 Å². The molecule has 4 rings (SSSR count). The molecule has 1 amide bonds. The van der Waals surface area contributed by atoms with Crippen LogP contribution in [0.4, 0.5) is 11.5 Å². The van der Waals surface area contributed by atoms with Crippen molar-refractivity contribution in [1.29, 1.82) is 0 Å². The molecular formula is C32H37N3O2. The van der Waals surface area contributed by atoms with Crippen LogP contribution in [0.1, 0.15) is 38.3 Å². The van der Waals surface area contributed by atoms with Crippen molar-refractivity contribution in [1.82, 2.24) is 4.98 Å². The molecule has 0 bridgehead atoms. The van der Waals surface area contributed by atoms with E-state index in [0.29, 0.717) is 18.8 Å². The standard InChI is InChI=1S/C32H37N3O2/c1-22-18-25(12-15-29(22)37-7)24-10-8-23(9-11-24)21-35(30(36)20-32(2,3)4)31-28-14-13-27(34(5)6)19-26(28)16-17-33-31/h8-19H,20-21H2,1-7H3. The number of carbonyl (C=O) groups is 1. The number of amides is 1. The van der Waals surface area contributed by atoms with Crippen molar-refractivity contribution in [2.45, 2.75) is 40.7 Å². The van der Waals surface area contributed by atoms with Gasteiger partial charge in [-0.15, -0.1) is 0 Å². The zero-order valence-electron chi connectivity index (χ0n) is 23.0. The second-order valence-electron chi connectivity index (χ2n) is 11.0. The molecule has 37 heavy (non-hydrogen) atoms. The third-order valence-corrected chi connectivity index (χ3v) is 6.50. The summed E-state index contributed by atoms with van der Waals surface area (Å²) in [5, 5.41) is 2.04. The summed E-state index contributed by atoms with van der Waals surface area (Å²) < 4.78 is 5.40. The fourth-order valence-corrected chi connectivity index (χ4v) is 4.52.